The van der Waals surface area contributed by atoms with Gasteiger partial charge in [0.2, 0.25) is 0 Å². The number of hydrogen-bond donors (Lipinski definition) is 0. The lowest BCUT2D eigenvalue weighted by molar-refractivity contribution is 0.640. The van der Waals surface area contributed by atoms with Crippen molar-refractivity contribution < 1.29 is 4.39 Å². The van der Waals surface area contributed by atoms with Gasteiger partial charge in [-0.3, -0.25) is 0 Å². The molecular weight excluding hydrogens is 463 g/mol. The van der Waals surface area contributed by atoms with Crippen LogP contribution in [0.4, 0.5) is 4.39 Å². The van der Waals surface area contributed by atoms with Gasteiger partial charge in [-0.1, -0.05) is 111 Å². The quantitative estimate of drug-likeness (QED) is 0.204. The van der Waals surface area contributed by atoms with E-state index in [0.29, 0.717) is 5.39 Å². The van der Waals surface area contributed by atoms with E-state index >= 15 is 4.39 Å². The summed E-state index contributed by atoms with van der Waals surface area (Å²) in [5.41, 5.74) is 10.8. The number of rotatable bonds is 6. The molecular formula is C37H27F. The molecule has 0 fully saturated rings. The summed E-state index contributed by atoms with van der Waals surface area (Å²) in [4.78, 5) is 0. The highest BCUT2D eigenvalue weighted by atomic mass is 19.1. The minimum atomic E-state index is -0.205. The van der Waals surface area contributed by atoms with Gasteiger partial charge in [-0.05, 0) is 91.5 Å². The number of hydrogen-bond acceptors (Lipinski definition) is 0. The maximum absolute atomic E-state index is 15.1. The molecule has 0 saturated heterocycles. The minimum absolute atomic E-state index is 0.205. The molecule has 6 rings (SSSR count). The van der Waals surface area contributed by atoms with Gasteiger partial charge in [0, 0.05) is 10.8 Å². The normalized spacial score (nSPS) is 12.3. The molecule has 5 aromatic carbocycles. The Hall–Kier alpha value is -4.75. The highest BCUT2D eigenvalue weighted by molar-refractivity contribution is 6.26. The lowest BCUT2D eigenvalue weighted by atomic mass is 9.81. The molecule has 0 nitrogen and oxygen atoms in total. The maximum Gasteiger partial charge on any atom is 0.131 e. The van der Waals surface area contributed by atoms with Crippen molar-refractivity contribution in [3.8, 4) is 33.4 Å². The third kappa shape index (κ3) is 3.36. The van der Waals surface area contributed by atoms with Crippen LogP contribution in [0, 0.1) is 5.82 Å². The van der Waals surface area contributed by atoms with E-state index in [-0.39, 0.29) is 5.82 Å². The van der Waals surface area contributed by atoms with Crippen molar-refractivity contribution in [2.24, 2.45) is 0 Å². The van der Waals surface area contributed by atoms with Crippen LogP contribution in [-0.4, -0.2) is 0 Å². The Morgan fingerprint density at radius 3 is 2.11 bits per heavy atom. The summed E-state index contributed by atoms with van der Waals surface area (Å²) in [6, 6.07) is 24.4. The molecule has 0 amide bonds. The first-order valence-electron chi connectivity index (χ1n) is 12.8. The Balaban J connectivity index is 1.96. The zero-order valence-corrected chi connectivity index (χ0v) is 21.4. The van der Waals surface area contributed by atoms with E-state index in [1.54, 1.807) is 6.07 Å². The van der Waals surface area contributed by atoms with Crippen LogP contribution in [0.25, 0.3) is 72.7 Å². The van der Waals surface area contributed by atoms with E-state index < -0.39 is 0 Å². The molecule has 0 aliphatic heterocycles. The maximum atomic E-state index is 15.1. The summed E-state index contributed by atoms with van der Waals surface area (Å²) in [6.45, 7) is 14.2. The number of fused-ring (bicyclic) bond motifs is 4. The Bertz CT molecular complexity index is 1860. The second-order valence-electron chi connectivity index (χ2n) is 9.48. The second-order valence-corrected chi connectivity index (χ2v) is 9.48. The smallest absolute Gasteiger partial charge is 0.131 e. The van der Waals surface area contributed by atoms with Crippen molar-refractivity contribution in [3.05, 3.63) is 139 Å². The SMILES string of the molecule is C=C/C=C(\C=C/C)c1c2c(c(-c3ccccc3)c3cc(C=C)c(C=C)cc13)-c1cccc3c(F)ccc-2c13. The summed E-state index contributed by atoms with van der Waals surface area (Å²) in [6.07, 6.45) is 11.8. The lowest BCUT2D eigenvalue weighted by Crippen LogP contribution is -1.97. The molecule has 0 bridgehead atoms. The van der Waals surface area contributed by atoms with Crippen LogP contribution in [0.5, 0.6) is 0 Å². The van der Waals surface area contributed by atoms with Crippen LogP contribution >= 0.6 is 0 Å². The van der Waals surface area contributed by atoms with Gasteiger partial charge in [0.15, 0.2) is 0 Å². The van der Waals surface area contributed by atoms with Crippen molar-refractivity contribution in [2.75, 3.05) is 0 Å². The van der Waals surface area contributed by atoms with Crippen molar-refractivity contribution in [2.45, 2.75) is 6.92 Å². The fourth-order valence-electron chi connectivity index (χ4n) is 5.98. The van der Waals surface area contributed by atoms with Crippen molar-refractivity contribution in [3.63, 3.8) is 0 Å². The van der Waals surface area contributed by atoms with E-state index in [0.717, 1.165) is 71.8 Å². The summed E-state index contributed by atoms with van der Waals surface area (Å²) < 4.78 is 15.1. The summed E-state index contributed by atoms with van der Waals surface area (Å²) >= 11 is 0. The summed E-state index contributed by atoms with van der Waals surface area (Å²) in [5.74, 6) is -0.205. The predicted octanol–water partition coefficient (Wildman–Crippen LogP) is 10.9. The molecule has 0 saturated carbocycles. The van der Waals surface area contributed by atoms with Crippen LogP contribution in [0.2, 0.25) is 0 Å². The highest BCUT2D eigenvalue weighted by Crippen LogP contribution is 2.57. The second kappa shape index (κ2) is 9.28. The van der Waals surface area contributed by atoms with Crippen molar-refractivity contribution in [1.29, 1.82) is 0 Å². The minimum Gasteiger partial charge on any atom is -0.206 e. The molecule has 182 valence electrons. The van der Waals surface area contributed by atoms with Gasteiger partial charge < -0.3 is 0 Å². The average Bonchev–Trinajstić information content (AvgIpc) is 3.28. The molecule has 1 heteroatoms. The third-order valence-electron chi connectivity index (χ3n) is 7.47. The van der Waals surface area contributed by atoms with Gasteiger partial charge in [0.25, 0.3) is 0 Å². The lowest BCUT2D eigenvalue weighted by Gasteiger charge is -2.22. The molecule has 0 N–H and O–H groups in total. The first-order valence-corrected chi connectivity index (χ1v) is 12.8. The van der Waals surface area contributed by atoms with E-state index in [1.807, 2.05) is 55.5 Å². The fraction of sp³-hybridized carbons (Fsp3) is 0.0270. The Labute approximate surface area is 223 Å². The first-order chi connectivity index (χ1) is 18.6. The van der Waals surface area contributed by atoms with Crippen LogP contribution in [0.1, 0.15) is 23.6 Å². The summed E-state index contributed by atoms with van der Waals surface area (Å²) in [7, 11) is 0. The monoisotopic (exact) mass is 490 g/mol. The summed E-state index contributed by atoms with van der Waals surface area (Å²) in [5, 5.41) is 3.83. The van der Waals surface area contributed by atoms with E-state index in [9.17, 15) is 0 Å². The first kappa shape index (κ1) is 23.6. The predicted molar refractivity (Wildman–Crippen MR) is 164 cm³/mol. The molecule has 0 heterocycles. The van der Waals surface area contributed by atoms with E-state index in [4.69, 9.17) is 0 Å². The Kier molecular flexibility index (Phi) is 5.77. The van der Waals surface area contributed by atoms with Gasteiger partial charge in [-0.2, -0.15) is 0 Å². The van der Waals surface area contributed by atoms with Gasteiger partial charge in [-0.25, -0.2) is 4.39 Å². The molecule has 0 unspecified atom stereocenters. The number of benzene rings is 5. The zero-order valence-electron chi connectivity index (χ0n) is 21.4. The molecule has 1 aliphatic rings. The van der Waals surface area contributed by atoms with Crippen LogP contribution in [0.3, 0.4) is 0 Å². The number of halogens is 1. The number of allylic oxidation sites excluding steroid dienone is 5. The standard InChI is InChI=1S/C37H27F/c1-5-13-25(14-6-2)33-30-21-23(7-3)24(8-4)22-31(30)34(26-15-10-9-11-16-26)36-28-18-12-17-27-32(38)20-19-29(35(27)28)37(33)36/h5-22H,1,3-4H2,2H3/b14-6-,25-13+. The van der Waals surface area contributed by atoms with E-state index in [1.165, 1.54) is 0 Å². The molecule has 1 aliphatic carbocycles. The van der Waals surface area contributed by atoms with Gasteiger partial charge in [0.1, 0.15) is 5.82 Å². The fourth-order valence-corrected chi connectivity index (χ4v) is 5.98. The van der Waals surface area contributed by atoms with Gasteiger partial charge >= 0.3 is 0 Å². The van der Waals surface area contributed by atoms with E-state index in [2.05, 4.69) is 74.4 Å². The van der Waals surface area contributed by atoms with Crippen LogP contribution < -0.4 is 0 Å². The highest BCUT2D eigenvalue weighted by Gasteiger charge is 2.31. The molecule has 0 spiro atoms. The molecule has 38 heavy (non-hydrogen) atoms. The molecule has 0 radical (unpaired) electrons. The largest absolute Gasteiger partial charge is 0.206 e. The van der Waals surface area contributed by atoms with Crippen LogP contribution in [-0.2, 0) is 0 Å². The molecule has 0 aromatic heterocycles. The van der Waals surface area contributed by atoms with Crippen LogP contribution in [0.15, 0.2) is 117 Å². The molecule has 0 atom stereocenters. The molecule has 5 aromatic rings. The Morgan fingerprint density at radius 2 is 1.42 bits per heavy atom. The van der Waals surface area contributed by atoms with Gasteiger partial charge in [0.05, 0.1) is 0 Å². The van der Waals surface area contributed by atoms with Crippen molar-refractivity contribution in [1.82, 2.24) is 0 Å². The third-order valence-corrected chi connectivity index (χ3v) is 7.47. The topological polar surface area (TPSA) is 0 Å². The van der Waals surface area contributed by atoms with Gasteiger partial charge in [-0.15, -0.1) is 0 Å². The van der Waals surface area contributed by atoms with Crippen molar-refractivity contribution >= 4 is 39.3 Å². The average molecular weight is 491 g/mol. The zero-order chi connectivity index (χ0) is 26.4. The Morgan fingerprint density at radius 1 is 0.711 bits per heavy atom.